The van der Waals surface area contributed by atoms with Gasteiger partial charge in [-0.15, -0.1) is 0 Å². The van der Waals surface area contributed by atoms with E-state index in [1.165, 1.54) is 6.08 Å². The van der Waals surface area contributed by atoms with Crippen molar-refractivity contribution in [1.82, 2.24) is 0 Å². The van der Waals surface area contributed by atoms with E-state index in [-0.39, 0.29) is 23.4 Å². The summed E-state index contributed by atoms with van der Waals surface area (Å²) >= 11 is 9.46. The Morgan fingerprint density at radius 3 is 2.76 bits per heavy atom. The quantitative estimate of drug-likeness (QED) is 0.472. The fourth-order valence-electron chi connectivity index (χ4n) is 5.81. The van der Waals surface area contributed by atoms with Crippen LogP contribution in [0, 0.1) is 17.3 Å². The van der Waals surface area contributed by atoms with E-state index in [1.807, 2.05) is 6.92 Å². The summed E-state index contributed by atoms with van der Waals surface area (Å²) in [6.07, 6.45) is 3.55. The van der Waals surface area contributed by atoms with Crippen LogP contribution in [-0.4, -0.2) is 45.8 Å². The van der Waals surface area contributed by atoms with E-state index >= 15 is 0 Å². The second-order valence-electron chi connectivity index (χ2n) is 8.90. The highest BCUT2D eigenvalue weighted by Crippen LogP contribution is 2.63. The molecule has 6 nitrogen and oxygen atoms in total. The topological polar surface area (TPSA) is 86.8 Å². The van der Waals surface area contributed by atoms with Crippen molar-refractivity contribution in [3.63, 3.8) is 0 Å². The summed E-state index contributed by atoms with van der Waals surface area (Å²) < 4.78 is 6.29. The first kappa shape index (κ1) is 19.4. The number of hydrogen-bond donors (Lipinski definition) is 2. The van der Waals surface area contributed by atoms with Gasteiger partial charge in [0, 0.05) is 10.9 Å². The molecule has 0 aromatic heterocycles. The number of carbonyl (C=O) groups is 2. The standard InChI is InChI=1S/C21H21BrClNO5/c1-10-3-4-12-17(19(2)15(25)5-6-21(10,19)28)29-18(27)20(12)9-24(20)14-8-11(23)7-13(22)16(14)26/h5-8,10,12,17,26,28H,3-4,9H2,1-2H3/t10-,12?,17?,19-,20?,21+,24?/m0/s1. The van der Waals surface area contributed by atoms with Gasteiger partial charge in [0.25, 0.3) is 0 Å². The summed E-state index contributed by atoms with van der Waals surface area (Å²) in [5.74, 6) is -1.06. The van der Waals surface area contributed by atoms with Gasteiger partial charge in [0.2, 0.25) is 0 Å². The van der Waals surface area contributed by atoms with E-state index in [0.717, 1.165) is 0 Å². The van der Waals surface area contributed by atoms with Crippen LogP contribution in [0.5, 0.6) is 5.75 Å². The number of halogens is 2. The third kappa shape index (κ3) is 2.16. The molecule has 2 saturated heterocycles. The number of ketones is 1. The van der Waals surface area contributed by atoms with Gasteiger partial charge in [0.05, 0.1) is 22.1 Å². The van der Waals surface area contributed by atoms with Gasteiger partial charge in [-0.1, -0.05) is 18.5 Å². The third-order valence-corrected chi connectivity index (χ3v) is 8.53. The Morgan fingerprint density at radius 1 is 1.31 bits per heavy atom. The first-order chi connectivity index (χ1) is 13.6. The number of aliphatic hydroxyl groups is 1. The normalized spacial score (nSPS) is 42.7. The number of carbonyl (C=O) groups excluding carboxylic acids is 2. The second-order valence-corrected chi connectivity index (χ2v) is 10.2. The van der Waals surface area contributed by atoms with E-state index in [9.17, 15) is 19.8 Å². The maximum atomic E-state index is 13.1. The molecule has 1 saturated carbocycles. The molecule has 0 bridgehead atoms. The van der Waals surface area contributed by atoms with Gasteiger partial charge in [0.15, 0.2) is 17.1 Å². The van der Waals surface area contributed by atoms with Crippen LogP contribution in [0.4, 0.5) is 5.69 Å². The van der Waals surface area contributed by atoms with Crippen LogP contribution >= 0.6 is 27.5 Å². The number of benzene rings is 1. The van der Waals surface area contributed by atoms with Crippen LogP contribution in [0.2, 0.25) is 5.02 Å². The van der Waals surface area contributed by atoms with Crippen molar-refractivity contribution in [2.75, 3.05) is 11.4 Å². The number of ether oxygens (including phenoxy) is 1. The number of hydrogen-bond acceptors (Lipinski definition) is 6. The van der Waals surface area contributed by atoms with Crippen molar-refractivity contribution in [2.45, 2.75) is 43.9 Å². The number of anilines is 1. The Labute approximate surface area is 181 Å². The molecule has 8 heteroatoms. The predicted molar refractivity (Wildman–Crippen MR) is 110 cm³/mol. The average Bonchev–Trinajstić information content (AvgIpc) is 3.30. The smallest absolute Gasteiger partial charge is 0.334 e. The van der Waals surface area contributed by atoms with Crippen LogP contribution in [-0.2, 0) is 14.3 Å². The minimum Gasteiger partial charge on any atom is -0.505 e. The number of phenolic OH excluding ortho intramolecular Hbond substituents is 1. The van der Waals surface area contributed by atoms with Crippen LogP contribution in [0.3, 0.4) is 0 Å². The number of esters is 1. The monoisotopic (exact) mass is 481 g/mol. The summed E-state index contributed by atoms with van der Waals surface area (Å²) in [5.41, 5.74) is -3.08. The van der Waals surface area contributed by atoms with E-state index in [0.29, 0.717) is 34.6 Å². The maximum Gasteiger partial charge on any atom is 0.334 e. The Bertz CT molecular complexity index is 998. The van der Waals surface area contributed by atoms with Crippen LogP contribution in [0.25, 0.3) is 0 Å². The van der Waals surface area contributed by atoms with E-state index in [1.54, 1.807) is 30.0 Å². The van der Waals surface area contributed by atoms with Gasteiger partial charge in [-0.3, -0.25) is 4.79 Å². The van der Waals surface area contributed by atoms with Gasteiger partial charge < -0.3 is 19.8 Å². The lowest BCUT2D eigenvalue weighted by atomic mass is 9.64. The van der Waals surface area contributed by atoms with Gasteiger partial charge >= 0.3 is 5.97 Å². The van der Waals surface area contributed by atoms with E-state index in [2.05, 4.69) is 15.9 Å². The van der Waals surface area contributed by atoms with Crippen LogP contribution < -0.4 is 4.90 Å². The van der Waals surface area contributed by atoms with Gasteiger partial charge in [-0.05, 0) is 65.9 Å². The zero-order valence-corrected chi connectivity index (χ0v) is 18.3. The molecular weight excluding hydrogens is 462 g/mol. The maximum absolute atomic E-state index is 13.1. The Balaban J connectivity index is 1.60. The summed E-state index contributed by atoms with van der Waals surface area (Å²) in [4.78, 5) is 27.8. The fourth-order valence-corrected chi connectivity index (χ4v) is 6.60. The van der Waals surface area contributed by atoms with Crippen molar-refractivity contribution in [2.24, 2.45) is 17.3 Å². The van der Waals surface area contributed by atoms with Crippen LogP contribution in [0.1, 0.15) is 26.7 Å². The Morgan fingerprint density at radius 2 is 2.03 bits per heavy atom. The van der Waals surface area contributed by atoms with Crippen molar-refractivity contribution >= 4 is 45.0 Å². The van der Waals surface area contributed by atoms with Crippen molar-refractivity contribution in [1.29, 1.82) is 0 Å². The molecule has 3 unspecified atom stereocenters. The number of phenols is 1. The van der Waals surface area contributed by atoms with Gasteiger partial charge in [-0.25, -0.2) is 4.79 Å². The minimum atomic E-state index is -1.35. The summed E-state index contributed by atoms with van der Waals surface area (Å²) in [6, 6.07) is 3.21. The SMILES string of the molecule is C[C@H]1CCC2C(OC(=O)C23CN3c2cc(Cl)cc(Br)c2O)[C@]2(C)C(=O)C=C[C@@]12O. The largest absolute Gasteiger partial charge is 0.505 e. The molecule has 2 aliphatic carbocycles. The fraction of sp³-hybridized carbons (Fsp3) is 0.524. The summed E-state index contributed by atoms with van der Waals surface area (Å²) in [6.45, 7) is 4.01. The Hall–Kier alpha value is -1.57. The highest BCUT2D eigenvalue weighted by Gasteiger charge is 2.77. The molecule has 2 heterocycles. The highest BCUT2D eigenvalue weighted by atomic mass is 79.9. The number of rotatable bonds is 1. The molecule has 29 heavy (non-hydrogen) atoms. The molecule has 0 radical (unpaired) electrons. The molecule has 2 N–H and O–H groups in total. The molecule has 3 fully saturated rings. The Kier molecular flexibility index (Phi) is 3.86. The molecule has 5 rings (SSSR count). The number of nitrogens with zero attached hydrogens (tertiary/aromatic N) is 1. The number of allylic oxidation sites excluding steroid dienone is 1. The molecule has 1 aromatic rings. The molecule has 6 atom stereocenters. The van der Waals surface area contributed by atoms with E-state index < -0.39 is 28.6 Å². The van der Waals surface area contributed by atoms with Crippen molar-refractivity contribution < 1.29 is 24.5 Å². The average molecular weight is 483 g/mol. The highest BCUT2D eigenvalue weighted by molar-refractivity contribution is 9.10. The molecule has 1 aromatic carbocycles. The first-order valence-electron chi connectivity index (χ1n) is 9.70. The third-order valence-electron chi connectivity index (χ3n) is 7.71. The molecule has 2 aliphatic heterocycles. The van der Waals surface area contributed by atoms with Gasteiger partial charge in [0.1, 0.15) is 11.7 Å². The molecule has 154 valence electrons. The minimum absolute atomic E-state index is 0.00541. The zero-order valence-electron chi connectivity index (χ0n) is 16.0. The molecule has 0 amide bonds. The van der Waals surface area contributed by atoms with E-state index in [4.69, 9.17) is 16.3 Å². The molecule has 1 spiro atoms. The molecular formula is C21H21BrClNO5. The van der Waals surface area contributed by atoms with Gasteiger partial charge in [-0.2, -0.15) is 0 Å². The number of fused-ring (bicyclic) bond motifs is 4. The van der Waals surface area contributed by atoms with Crippen molar-refractivity contribution in [3.05, 3.63) is 33.8 Å². The number of aromatic hydroxyl groups is 1. The summed E-state index contributed by atoms with van der Waals surface area (Å²) in [7, 11) is 0. The zero-order chi connectivity index (χ0) is 20.9. The lowest BCUT2D eigenvalue weighted by molar-refractivity contribution is -0.166. The molecule has 4 aliphatic rings. The second kappa shape index (κ2) is 5.77. The van der Waals surface area contributed by atoms with Crippen LogP contribution in [0.15, 0.2) is 28.8 Å². The van der Waals surface area contributed by atoms with Crippen molar-refractivity contribution in [3.8, 4) is 5.75 Å². The summed E-state index contributed by atoms with van der Waals surface area (Å²) in [5, 5.41) is 22.4. The lowest BCUT2D eigenvalue weighted by Gasteiger charge is -2.43. The lowest BCUT2D eigenvalue weighted by Crippen LogP contribution is -2.57. The first-order valence-corrected chi connectivity index (χ1v) is 10.9. The predicted octanol–water partition coefficient (Wildman–Crippen LogP) is 3.21.